The van der Waals surface area contributed by atoms with Gasteiger partial charge in [-0.15, -0.1) is 5.10 Å². The molecule has 2 aromatic rings. The van der Waals surface area contributed by atoms with Gasteiger partial charge in [0.2, 0.25) is 5.78 Å². The SMILES string of the molecule is Cc1c(Br)cccc1C(=O)c1c(Br)nnn1C. The lowest BCUT2D eigenvalue weighted by molar-refractivity contribution is 0.102. The molecule has 0 aliphatic rings. The summed E-state index contributed by atoms with van der Waals surface area (Å²) in [6.07, 6.45) is 0. The Morgan fingerprint density at radius 3 is 2.65 bits per heavy atom. The summed E-state index contributed by atoms with van der Waals surface area (Å²) in [5.74, 6) is -0.0943. The van der Waals surface area contributed by atoms with Crippen LogP contribution in [0.1, 0.15) is 21.6 Å². The molecule has 0 N–H and O–H groups in total. The van der Waals surface area contributed by atoms with Crippen LogP contribution in [-0.2, 0) is 7.05 Å². The quantitative estimate of drug-likeness (QED) is 0.775. The van der Waals surface area contributed by atoms with Crippen molar-refractivity contribution >= 4 is 37.6 Å². The number of ketones is 1. The summed E-state index contributed by atoms with van der Waals surface area (Å²) >= 11 is 6.64. The van der Waals surface area contributed by atoms with Crippen LogP contribution in [0.5, 0.6) is 0 Å². The Morgan fingerprint density at radius 1 is 1.35 bits per heavy atom. The zero-order valence-electron chi connectivity index (χ0n) is 9.24. The summed E-state index contributed by atoms with van der Waals surface area (Å²) in [4.78, 5) is 12.4. The van der Waals surface area contributed by atoms with Gasteiger partial charge in [-0.25, -0.2) is 4.68 Å². The molecule has 1 heterocycles. The van der Waals surface area contributed by atoms with Crippen LogP contribution in [0.15, 0.2) is 27.3 Å². The van der Waals surface area contributed by atoms with Crippen molar-refractivity contribution in [2.45, 2.75) is 6.92 Å². The first-order valence-electron chi connectivity index (χ1n) is 4.87. The van der Waals surface area contributed by atoms with Crippen LogP contribution in [0.2, 0.25) is 0 Å². The highest BCUT2D eigenvalue weighted by Gasteiger charge is 2.20. The summed E-state index contributed by atoms with van der Waals surface area (Å²) in [6, 6.07) is 5.53. The molecule has 4 nitrogen and oxygen atoms in total. The van der Waals surface area contributed by atoms with Crippen molar-refractivity contribution in [2.75, 3.05) is 0 Å². The van der Waals surface area contributed by atoms with Crippen LogP contribution in [0, 0.1) is 6.92 Å². The highest BCUT2D eigenvalue weighted by Crippen LogP contribution is 2.23. The molecule has 2 rings (SSSR count). The standard InChI is InChI=1S/C11H9Br2N3O/c1-6-7(4-3-5-8(6)12)10(17)9-11(13)14-15-16(9)2/h3-5H,1-2H3. The lowest BCUT2D eigenvalue weighted by atomic mass is 10.0. The molecule has 1 aromatic carbocycles. The number of carbonyl (C=O) groups is 1. The molecule has 0 bridgehead atoms. The van der Waals surface area contributed by atoms with E-state index in [1.807, 2.05) is 19.1 Å². The van der Waals surface area contributed by atoms with Crippen molar-refractivity contribution in [3.8, 4) is 0 Å². The van der Waals surface area contributed by atoms with Crippen LogP contribution >= 0.6 is 31.9 Å². The maximum absolute atomic E-state index is 12.4. The Labute approximate surface area is 115 Å². The second-order valence-electron chi connectivity index (χ2n) is 3.59. The topological polar surface area (TPSA) is 47.8 Å². The van der Waals surface area contributed by atoms with E-state index in [1.54, 1.807) is 13.1 Å². The molecule has 0 unspecified atom stereocenters. The minimum Gasteiger partial charge on any atom is -0.287 e. The molecule has 0 spiro atoms. The van der Waals surface area contributed by atoms with Crippen molar-refractivity contribution in [2.24, 2.45) is 7.05 Å². The van der Waals surface area contributed by atoms with Gasteiger partial charge < -0.3 is 0 Å². The molecule has 0 aliphatic heterocycles. The molecule has 0 radical (unpaired) electrons. The van der Waals surface area contributed by atoms with Crippen LogP contribution in [-0.4, -0.2) is 20.8 Å². The molecule has 0 atom stereocenters. The van der Waals surface area contributed by atoms with E-state index in [2.05, 4.69) is 42.2 Å². The largest absolute Gasteiger partial charge is 0.287 e. The first-order valence-corrected chi connectivity index (χ1v) is 6.46. The highest BCUT2D eigenvalue weighted by atomic mass is 79.9. The van der Waals surface area contributed by atoms with Gasteiger partial charge >= 0.3 is 0 Å². The minimum atomic E-state index is -0.0943. The summed E-state index contributed by atoms with van der Waals surface area (Å²) < 4.78 is 2.84. The highest BCUT2D eigenvalue weighted by molar-refractivity contribution is 9.10. The Hall–Kier alpha value is -1.01. The van der Waals surface area contributed by atoms with Gasteiger partial charge in [-0.05, 0) is 34.5 Å². The number of halogens is 2. The van der Waals surface area contributed by atoms with Gasteiger partial charge in [-0.1, -0.05) is 33.3 Å². The third-order valence-corrected chi connectivity index (χ3v) is 3.91. The van der Waals surface area contributed by atoms with Crippen molar-refractivity contribution in [1.29, 1.82) is 0 Å². The van der Waals surface area contributed by atoms with Crippen molar-refractivity contribution in [3.05, 3.63) is 44.1 Å². The maximum atomic E-state index is 12.4. The molecule has 0 amide bonds. The molecular formula is C11H9Br2N3O. The Balaban J connectivity index is 2.55. The second-order valence-corrected chi connectivity index (χ2v) is 5.20. The molecule has 1 aromatic heterocycles. The van der Waals surface area contributed by atoms with E-state index >= 15 is 0 Å². The molecule has 0 saturated heterocycles. The summed E-state index contributed by atoms with van der Waals surface area (Å²) in [6.45, 7) is 1.90. The minimum absolute atomic E-state index is 0.0943. The van der Waals surface area contributed by atoms with E-state index in [-0.39, 0.29) is 5.78 Å². The number of carbonyl (C=O) groups excluding carboxylic acids is 1. The first kappa shape index (κ1) is 12.4. The predicted octanol–water partition coefficient (Wildman–Crippen LogP) is 2.88. The zero-order chi connectivity index (χ0) is 12.6. The van der Waals surface area contributed by atoms with E-state index in [0.717, 1.165) is 10.0 Å². The van der Waals surface area contributed by atoms with E-state index < -0.39 is 0 Å². The van der Waals surface area contributed by atoms with E-state index in [4.69, 9.17) is 0 Å². The number of aromatic nitrogens is 3. The van der Waals surface area contributed by atoms with Gasteiger partial charge in [0.15, 0.2) is 4.60 Å². The number of nitrogens with zero attached hydrogens (tertiary/aromatic N) is 3. The summed E-state index contributed by atoms with van der Waals surface area (Å²) in [7, 11) is 1.69. The lowest BCUT2D eigenvalue weighted by Gasteiger charge is -2.06. The fourth-order valence-corrected chi connectivity index (χ4v) is 2.43. The molecule has 88 valence electrons. The van der Waals surface area contributed by atoms with E-state index in [1.165, 1.54) is 4.68 Å². The van der Waals surface area contributed by atoms with Crippen molar-refractivity contribution < 1.29 is 4.79 Å². The van der Waals surface area contributed by atoms with Crippen LogP contribution in [0.4, 0.5) is 0 Å². The Bertz CT molecular complexity index is 573. The van der Waals surface area contributed by atoms with Gasteiger partial charge in [0.25, 0.3) is 0 Å². The average molecular weight is 359 g/mol. The number of hydrogen-bond acceptors (Lipinski definition) is 3. The van der Waals surface area contributed by atoms with Gasteiger partial charge in [-0.2, -0.15) is 0 Å². The smallest absolute Gasteiger partial charge is 0.214 e. The molecule has 0 fully saturated rings. The number of hydrogen-bond donors (Lipinski definition) is 0. The zero-order valence-corrected chi connectivity index (χ0v) is 12.4. The Morgan fingerprint density at radius 2 is 2.06 bits per heavy atom. The Kier molecular flexibility index (Phi) is 3.44. The fraction of sp³-hybridized carbons (Fsp3) is 0.182. The van der Waals surface area contributed by atoms with E-state index in [0.29, 0.717) is 15.9 Å². The average Bonchev–Trinajstić information content (AvgIpc) is 2.62. The molecular weight excluding hydrogens is 350 g/mol. The molecule has 6 heteroatoms. The van der Waals surface area contributed by atoms with E-state index in [9.17, 15) is 4.79 Å². The van der Waals surface area contributed by atoms with Crippen LogP contribution in [0.25, 0.3) is 0 Å². The number of aryl methyl sites for hydroxylation is 1. The third-order valence-electron chi connectivity index (χ3n) is 2.51. The van der Waals surface area contributed by atoms with Gasteiger partial charge in [-0.3, -0.25) is 4.79 Å². The number of benzene rings is 1. The number of rotatable bonds is 2. The molecule has 0 aliphatic carbocycles. The normalized spacial score (nSPS) is 10.6. The first-order chi connectivity index (χ1) is 8.02. The van der Waals surface area contributed by atoms with Crippen molar-refractivity contribution in [1.82, 2.24) is 15.0 Å². The van der Waals surface area contributed by atoms with Gasteiger partial charge in [0.1, 0.15) is 5.69 Å². The molecule has 17 heavy (non-hydrogen) atoms. The fourth-order valence-electron chi connectivity index (χ4n) is 1.55. The van der Waals surface area contributed by atoms with Crippen LogP contribution < -0.4 is 0 Å². The van der Waals surface area contributed by atoms with Crippen molar-refractivity contribution in [3.63, 3.8) is 0 Å². The van der Waals surface area contributed by atoms with Crippen LogP contribution in [0.3, 0.4) is 0 Å². The lowest BCUT2D eigenvalue weighted by Crippen LogP contribution is -2.10. The van der Waals surface area contributed by atoms with Gasteiger partial charge in [0, 0.05) is 17.1 Å². The van der Waals surface area contributed by atoms with Gasteiger partial charge in [0.05, 0.1) is 0 Å². The maximum Gasteiger partial charge on any atom is 0.214 e. The third kappa shape index (κ3) is 2.19. The summed E-state index contributed by atoms with van der Waals surface area (Å²) in [5, 5.41) is 7.61. The monoisotopic (exact) mass is 357 g/mol. The second kappa shape index (κ2) is 4.70. The molecule has 0 saturated carbocycles. The predicted molar refractivity (Wildman–Crippen MR) is 71.0 cm³/mol. The summed E-state index contributed by atoms with van der Waals surface area (Å²) in [5.41, 5.74) is 2.00.